The summed E-state index contributed by atoms with van der Waals surface area (Å²) >= 11 is 0. The summed E-state index contributed by atoms with van der Waals surface area (Å²) in [5.41, 5.74) is 2.78. The predicted molar refractivity (Wildman–Crippen MR) is 93.4 cm³/mol. The number of nitrogens with one attached hydrogen (secondary N) is 1. The van der Waals surface area contributed by atoms with E-state index in [1.807, 2.05) is 0 Å². The van der Waals surface area contributed by atoms with E-state index < -0.39 is 0 Å². The second-order valence-electron chi connectivity index (χ2n) is 5.81. The van der Waals surface area contributed by atoms with E-state index in [0.717, 1.165) is 16.8 Å². The van der Waals surface area contributed by atoms with E-state index in [0.29, 0.717) is 17.9 Å². The van der Waals surface area contributed by atoms with Crippen molar-refractivity contribution >= 4 is 0 Å². The number of imidazole rings is 1. The SMILES string of the molecule is O=c1c(Cc2ccc(O)cc2)nc2c[nH]c(-c3ccc(O)cc3)cn1-2. The number of aromatic hydroxyl groups is 2. The highest BCUT2D eigenvalue weighted by molar-refractivity contribution is 5.60. The van der Waals surface area contributed by atoms with E-state index in [1.165, 1.54) is 4.57 Å². The third-order valence-corrected chi connectivity index (χ3v) is 4.06. The lowest BCUT2D eigenvalue weighted by atomic mass is 10.1. The number of fused-ring (bicyclic) bond motifs is 1. The van der Waals surface area contributed by atoms with Crippen LogP contribution in [0, 0.1) is 0 Å². The van der Waals surface area contributed by atoms with Gasteiger partial charge in [0.05, 0.1) is 5.69 Å². The number of benzene rings is 2. The monoisotopic (exact) mass is 333 g/mol. The zero-order chi connectivity index (χ0) is 17.4. The number of hydrogen-bond acceptors (Lipinski definition) is 4. The maximum Gasteiger partial charge on any atom is 0.278 e. The van der Waals surface area contributed by atoms with E-state index in [-0.39, 0.29) is 17.1 Å². The van der Waals surface area contributed by atoms with Crippen LogP contribution in [0.15, 0.2) is 65.7 Å². The highest BCUT2D eigenvalue weighted by Gasteiger charge is 2.15. The maximum atomic E-state index is 12.6. The summed E-state index contributed by atoms with van der Waals surface area (Å²) in [7, 11) is 0. The highest BCUT2D eigenvalue weighted by atomic mass is 16.3. The molecule has 0 aliphatic carbocycles. The van der Waals surface area contributed by atoms with Gasteiger partial charge in [-0.2, -0.15) is 0 Å². The Morgan fingerprint density at radius 2 is 1.60 bits per heavy atom. The molecule has 2 heterocycles. The van der Waals surface area contributed by atoms with Crippen LogP contribution in [0.5, 0.6) is 11.5 Å². The van der Waals surface area contributed by atoms with Crippen molar-refractivity contribution in [2.24, 2.45) is 0 Å². The Labute approximate surface area is 143 Å². The summed E-state index contributed by atoms with van der Waals surface area (Å²) in [5, 5.41) is 18.7. The molecule has 2 aromatic rings. The largest absolute Gasteiger partial charge is 0.508 e. The van der Waals surface area contributed by atoms with E-state index >= 15 is 0 Å². The molecule has 25 heavy (non-hydrogen) atoms. The average Bonchev–Trinajstić information content (AvgIpc) is 2.93. The van der Waals surface area contributed by atoms with Crippen LogP contribution in [0.2, 0.25) is 0 Å². The van der Waals surface area contributed by atoms with Gasteiger partial charge < -0.3 is 15.2 Å². The Morgan fingerprint density at radius 3 is 2.28 bits per heavy atom. The minimum atomic E-state index is -0.169. The molecular formula is C19H15N3O3. The number of rotatable bonds is 3. The van der Waals surface area contributed by atoms with Crippen LogP contribution in [0.1, 0.15) is 11.3 Å². The van der Waals surface area contributed by atoms with Crippen molar-refractivity contribution in [1.29, 1.82) is 0 Å². The van der Waals surface area contributed by atoms with E-state index in [2.05, 4.69) is 9.97 Å². The lowest BCUT2D eigenvalue weighted by molar-refractivity contribution is 0.474. The fraction of sp³-hybridized carbons (Fsp3) is 0.0526. The Bertz CT molecular complexity index is 1050. The number of hydrogen-bond donors (Lipinski definition) is 3. The van der Waals surface area contributed by atoms with Gasteiger partial charge in [0.15, 0.2) is 5.82 Å². The third kappa shape index (κ3) is 2.85. The van der Waals surface area contributed by atoms with Gasteiger partial charge >= 0.3 is 0 Å². The summed E-state index contributed by atoms with van der Waals surface area (Å²) in [6.07, 6.45) is 3.79. The van der Waals surface area contributed by atoms with Crippen molar-refractivity contribution in [2.45, 2.75) is 6.42 Å². The van der Waals surface area contributed by atoms with Gasteiger partial charge in [-0.05, 0) is 47.5 Å². The number of phenolic OH excluding ortho intramolecular Hbond substituents is 2. The zero-order valence-electron chi connectivity index (χ0n) is 13.2. The van der Waals surface area contributed by atoms with Gasteiger partial charge in [-0.25, -0.2) is 4.98 Å². The summed E-state index contributed by atoms with van der Waals surface area (Å²) in [4.78, 5) is 20.2. The Morgan fingerprint density at radius 1 is 0.960 bits per heavy atom. The highest BCUT2D eigenvalue weighted by Crippen LogP contribution is 2.21. The first kappa shape index (κ1) is 15.0. The quantitative estimate of drug-likeness (QED) is 0.537. The second kappa shape index (κ2) is 5.83. The average molecular weight is 333 g/mol. The summed E-state index contributed by atoms with van der Waals surface area (Å²) in [5.74, 6) is 0.920. The molecule has 6 heteroatoms. The number of nitrogens with zero attached hydrogens (tertiary/aromatic N) is 2. The lowest BCUT2D eigenvalue weighted by Gasteiger charge is -2.06. The molecule has 4 rings (SSSR count). The van der Waals surface area contributed by atoms with Crippen LogP contribution in [0.25, 0.3) is 17.1 Å². The minimum absolute atomic E-state index is 0.169. The topological polar surface area (TPSA) is 91.1 Å². The number of aromatic nitrogens is 3. The predicted octanol–water partition coefficient (Wildman–Crippen LogP) is 2.67. The molecule has 3 N–H and O–H groups in total. The molecule has 0 unspecified atom stereocenters. The first-order valence-electron chi connectivity index (χ1n) is 7.77. The molecule has 124 valence electrons. The molecule has 0 spiro atoms. The summed E-state index contributed by atoms with van der Waals surface area (Å²) in [6, 6.07) is 13.4. The van der Waals surface area contributed by atoms with Crippen molar-refractivity contribution < 1.29 is 10.2 Å². The standard InChI is InChI=1S/C19H15N3O3/c23-14-5-1-12(2-6-14)9-16-19(25)22-11-17(20-10-18(22)21-16)13-3-7-15(24)8-4-13/h1-8,10-11,20,23-24H,9H2. The van der Waals surface area contributed by atoms with Gasteiger partial charge in [-0.3, -0.25) is 9.36 Å². The third-order valence-electron chi connectivity index (χ3n) is 4.06. The summed E-state index contributed by atoms with van der Waals surface area (Å²) in [6.45, 7) is 0. The molecule has 2 aliphatic heterocycles. The Kier molecular flexibility index (Phi) is 3.50. The Balaban J connectivity index is 1.73. The molecule has 6 nitrogen and oxygen atoms in total. The molecule has 2 aliphatic rings. The van der Waals surface area contributed by atoms with Crippen LogP contribution >= 0.6 is 0 Å². The van der Waals surface area contributed by atoms with Gasteiger partial charge in [0, 0.05) is 18.8 Å². The van der Waals surface area contributed by atoms with Crippen molar-refractivity contribution in [2.75, 3.05) is 0 Å². The van der Waals surface area contributed by atoms with Crippen molar-refractivity contribution in [1.82, 2.24) is 14.5 Å². The molecule has 0 bridgehead atoms. The molecule has 0 atom stereocenters. The van der Waals surface area contributed by atoms with E-state index in [4.69, 9.17) is 0 Å². The molecular weight excluding hydrogens is 318 g/mol. The molecule has 0 aromatic heterocycles. The first-order valence-corrected chi connectivity index (χ1v) is 7.77. The molecule has 0 saturated heterocycles. The first-order chi connectivity index (χ1) is 12.1. The maximum absolute atomic E-state index is 12.6. The Hall–Kier alpha value is -3.54. The van der Waals surface area contributed by atoms with Crippen LogP contribution in [-0.4, -0.2) is 24.7 Å². The number of phenols is 2. The number of H-pyrrole nitrogens is 1. The van der Waals surface area contributed by atoms with Crippen LogP contribution < -0.4 is 5.56 Å². The van der Waals surface area contributed by atoms with E-state index in [1.54, 1.807) is 60.9 Å². The van der Waals surface area contributed by atoms with Crippen molar-refractivity contribution in [3.05, 3.63) is 82.5 Å². The van der Waals surface area contributed by atoms with Crippen LogP contribution in [0.4, 0.5) is 0 Å². The molecule has 2 aromatic carbocycles. The van der Waals surface area contributed by atoms with Crippen molar-refractivity contribution in [3.63, 3.8) is 0 Å². The van der Waals surface area contributed by atoms with Crippen LogP contribution in [-0.2, 0) is 6.42 Å². The fourth-order valence-electron chi connectivity index (χ4n) is 2.74. The molecule has 0 amide bonds. The van der Waals surface area contributed by atoms with Crippen LogP contribution in [0.3, 0.4) is 0 Å². The lowest BCUT2D eigenvalue weighted by Crippen LogP contribution is -2.15. The van der Waals surface area contributed by atoms with Gasteiger partial charge in [0.1, 0.15) is 17.2 Å². The second-order valence-corrected chi connectivity index (χ2v) is 5.81. The minimum Gasteiger partial charge on any atom is -0.508 e. The van der Waals surface area contributed by atoms with E-state index in [9.17, 15) is 15.0 Å². The van der Waals surface area contributed by atoms with Gasteiger partial charge in [0.25, 0.3) is 5.56 Å². The number of aromatic amines is 1. The normalized spacial score (nSPS) is 11.0. The molecule has 0 saturated carbocycles. The van der Waals surface area contributed by atoms with Crippen molar-refractivity contribution in [3.8, 4) is 28.6 Å². The molecule has 0 radical (unpaired) electrons. The van der Waals surface area contributed by atoms with Gasteiger partial charge in [0.2, 0.25) is 0 Å². The fourth-order valence-corrected chi connectivity index (χ4v) is 2.74. The van der Waals surface area contributed by atoms with Gasteiger partial charge in [-0.15, -0.1) is 0 Å². The summed E-state index contributed by atoms with van der Waals surface area (Å²) < 4.78 is 1.51. The smallest absolute Gasteiger partial charge is 0.278 e. The van der Waals surface area contributed by atoms with Gasteiger partial charge in [-0.1, -0.05) is 12.1 Å². The zero-order valence-corrected chi connectivity index (χ0v) is 13.2. The molecule has 0 fully saturated rings.